The fourth-order valence-corrected chi connectivity index (χ4v) is 5.20. The molecule has 1 unspecified atom stereocenters. The lowest BCUT2D eigenvalue weighted by molar-refractivity contribution is -0.130. The van der Waals surface area contributed by atoms with Crippen LogP contribution in [0.3, 0.4) is 0 Å². The van der Waals surface area contributed by atoms with E-state index in [0.29, 0.717) is 48.6 Å². The predicted octanol–water partition coefficient (Wildman–Crippen LogP) is 5.16. The standard InChI is InChI=1S/C32H37FN4O3S/c1-5-30(38)37-17-16-36(19-22(37)3)20-29(25-10-9-21(2)27(33)18-25)40-26-13-11-24(12-14-26)32(39)35-31(23(4)41)28-8-6-7-15-34-28/h5-15,18,22-23,29,31,41H,1,16-17,19-20H2,2-4H3,(H,35,39)/t22-,23?,29+,31+/m1/s1. The van der Waals surface area contributed by atoms with Crippen LogP contribution < -0.4 is 10.1 Å². The van der Waals surface area contributed by atoms with Crippen molar-refractivity contribution in [2.75, 3.05) is 26.2 Å². The molecular formula is C32H37FN4O3S. The Kier molecular flexibility index (Phi) is 10.2. The number of hydrogen-bond donors (Lipinski definition) is 2. The molecule has 1 aliphatic heterocycles. The van der Waals surface area contributed by atoms with Crippen molar-refractivity contribution >= 4 is 24.4 Å². The molecule has 1 fully saturated rings. The molecule has 0 spiro atoms. The van der Waals surface area contributed by atoms with Gasteiger partial charge in [0.05, 0.1) is 11.7 Å². The first kappa shape index (κ1) is 30.3. The number of ether oxygens (including phenoxy) is 1. The summed E-state index contributed by atoms with van der Waals surface area (Å²) in [6.45, 7) is 11.7. The maximum Gasteiger partial charge on any atom is 0.251 e. The molecule has 0 aliphatic carbocycles. The summed E-state index contributed by atoms with van der Waals surface area (Å²) in [5.41, 5.74) is 2.49. The summed E-state index contributed by atoms with van der Waals surface area (Å²) in [6.07, 6.45) is 2.57. The number of rotatable bonds is 10. The molecule has 7 nitrogen and oxygen atoms in total. The van der Waals surface area contributed by atoms with Crippen LogP contribution >= 0.6 is 12.6 Å². The Morgan fingerprint density at radius 3 is 2.56 bits per heavy atom. The largest absolute Gasteiger partial charge is 0.484 e. The molecule has 216 valence electrons. The van der Waals surface area contributed by atoms with Gasteiger partial charge in [-0.1, -0.05) is 31.7 Å². The number of carbonyl (C=O) groups is 2. The summed E-state index contributed by atoms with van der Waals surface area (Å²) in [5, 5.41) is 2.87. The molecule has 1 N–H and O–H groups in total. The van der Waals surface area contributed by atoms with E-state index in [9.17, 15) is 14.0 Å². The van der Waals surface area contributed by atoms with Crippen LogP contribution in [0.1, 0.15) is 53.2 Å². The zero-order chi connectivity index (χ0) is 29.5. The summed E-state index contributed by atoms with van der Waals surface area (Å²) in [6, 6.07) is 17.3. The number of piperazine rings is 1. The second-order valence-electron chi connectivity index (χ2n) is 10.4. The van der Waals surface area contributed by atoms with Gasteiger partial charge in [-0.2, -0.15) is 12.6 Å². The van der Waals surface area contributed by atoms with Crippen LogP contribution in [0.2, 0.25) is 0 Å². The first-order valence-electron chi connectivity index (χ1n) is 13.7. The summed E-state index contributed by atoms with van der Waals surface area (Å²) < 4.78 is 20.9. The molecular weight excluding hydrogens is 539 g/mol. The second-order valence-corrected chi connectivity index (χ2v) is 11.2. The Balaban J connectivity index is 1.48. The average molecular weight is 577 g/mol. The molecule has 1 aliphatic rings. The van der Waals surface area contributed by atoms with E-state index in [2.05, 4.69) is 34.4 Å². The van der Waals surface area contributed by atoms with E-state index in [4.69, 9.17) is 4.74 Å². The van der Waals surface area contributed by atoms with E-state index < -0.39 is 6.10 Å². The van der Waals surface area contributed by atoms with Crippen molar-refractivity contribution in [3.63, 3.8) is 0 Å². The summed E-state index contributed by atoms with van der Waals surface area (Å²) >= 11 is 4.54. The van der Waals surface area contributed by atoms with Crippen molar-refractivity contribution in [1.29, 1.82) is 0 Å². The van der Waals surface area contributed by atoms with Gasteiger partial charge in [0.2, 0.25) is 5.91 Å². The third-order valence-corrected chi connectivity index (χ3v) is 7.63. The molecule has 3 aromatic rings. The number of thiol groups is 1. The molecule has 0 saturated carbocycles. The van der Waals surface area contributed by atoms with Crippen LogP contribution in [0.4, 0.5) is 4.39 Å². The number of nitrogens with zero attached hydrogens (tertiary/aromatic N) is 3. The smallest absolute Gasteiger partial charge is 0.251 e. The monoisotopic (exact) mass is 576 g/mol. The Bertz CT molecular complexity index is 1350. The number of aryl methyl sites for hydroxylation is 1. The number of aromatic nitrogens is 1. The molecule has 1 aromatic heterocycles. The SMILES string of the molecule is C=CC(=O)N1CCN(C[C@H](Oc2ccc(C(=O)N[C@H](c3ccccn3)C(C)S)cc2)c2ccc(C)c(F)c2)C[C@H]1C. The normalized spacial score (nSPS) is 17.8. The highest BCUT2D eigenvalue weighted by molar-refractivity contribution is 7.81. The van der Waals surface area contributed by atoms with Gasteiger partial charge in [0.1, 0.15) is 17.7 Å². The first-order valence-corrected chi connectivity index (χ1v) is 14.3. The fourth-order valence-electron chi connectivity index (χ4n) is 4.97. The van der Waals surface area contributed by atoms with E-state index in [-0.39, 0.29) is 35.0 Å². The third kappa shape index (κ3) is 7.74. The topological polar surface area (TPSA) is 74.8 Å². The van der Waals surface area contributed by atoms with E-state index in [0.717, 1.165) is 5.69 Å². The minimum Gasteiger partial charge on any atom is -0.484 e. The van der Waals surface area contributed by atoms with E-state index in [1.807, 2.05) is 43.0 Å². The Morgan fingerprint density at radius 1 is 1.20 bits per heavy atom. The van der Waals surface area contributed by atoms with Crippen molar-refractivity contribution in [3.05, 3.63) is 108 Å². The van der Waals surface area contributed by atoms with Crippen LogP contribution in [0, 0.1) is 12.7 Å². The Morgan fingerprint density at radius 2 is 1.95 bits per heavy atom. The zero-order valence-electron chi connectivity index (χ0n) is 23.7. The van der Waals surface area contributed by atoms with Gasteiger partial charge >= 0.3 is 0 Å². The highest BCUT2D eigenvalue weighted by Gasteiger charge is 2.29. The molecule has 9 heteroatoms. The van der Waals surface area contributed by atoms with Gasteiger partial charge in [-0.15, -0.1) is 0 Å². The molecule has 4 rings (SSSR count). The van der Waals surface area contributed by atoms with Crippen molar-refractivity contribution in [3.8, 4) is 5.75 Å². The van der Waals surface area contributed by atoms with Gasteiger partial charge in [0.15, 0.2) is 0 Å². The van der Waals surface area contributed by atoms with Crippen molar-refractivity contribution in [2.45, 2.75) is 44.2 Å². The molecule has 0 bridgehead atoms. The zero-order valence-corrected chi connectivity index (χ0v) is 24.6. The van der Waals surface area contributed by atoms with Crippen molar-refractivity contribution in [2.24, 2.45) is 0 Å². The van der Waals surface area contributed by atoms with Crippen LogP contribution in [-0.2, 0) is 4.79 Å². The Labute approximate surface area is 246 Å². The van der Waals surface area contributed by atoms with Gasteiger partial charge < -0.3 is 15.0 Å². The van der Waals surface area contributed by atoms with Gasteiger partial charge in [-0.25, -0.2) is 4.39 Å². The molecule has 0 radical (unpaired) electrons. The molecule has 2 aromatic carbocycles. The quantitative estimate of drug-likeness (QED) is 0.258. The number of benzene rings is 2. The minimum absolute atomic E-state index is 0.0114. The highest BCUT2D eigenvalue weighted by atomic mass is 32.1. The molecule has 2 amide bonds. The Hall–Kier alpha value is -3.69. The molecule has 1 saturated heterocycles. The van der Waals surface area contributed by atoms with Gasteiger partial charge in [-0.05, 0) is 73.5 Å². The van der Waals surface area contributed by atoms with Crippen LogP contribution in [-0.4, -0.2) is 64.1 Å². The molecule has 41 heavy (non-hydrogen) atoms. The lowest BCUT2D eigenvalue weighted by Crippen LogP contribution is -2.54. The van der Waals surface area contributed by atoms with E-state index in [1.165, 1.54) is 12.1 Å². The summed E-state index contributed by atoms with van der Waals surface area (Å²) in [5.74, 6) is -0.0558. The number of amides is 2. The number of hydrogen-bond acceptors (Lipinski definition) is 6. The number of nitrogens with one attached hydrogen (secondary N) is 1. The highest BCUT2D eigenvalue weighted by Crippen LogP contribution is 2.27. The second kappa shape index (κ2) is 13.8. The van der Waals surface area contributed by atoms with Crippen LogP contribution in [0.25, 0.3) is 0 Å². The molecule has 2 heterocycles. The maximum atomic E-state index is 14.5. The van der Waals surface area contributed by atoms with Gasteiger partial charge in [-0.3, -0.25) is 19.5 Å². The number of pyridine rings is 1. The fraction of sp³-hybridized carbons (Fsp3) is 0.344. The lowest BCUT2D eigenvalue weighted by Gasteiger charge is -2.40. The van der Waals surface area contributed by atoms with E-state index in [1.54, 1.807) is 43.5 Å². The van der Waals surface area contributed by atoms with E-state index >= 15 is 0 Å². The van der Waals surface area contributed by atoms with Crippen LogP contribution in [0.15, 0.2) is 79.5 Å². The maximum absolute atomic E-state index is 14.5. The summed E-state index contributed by atoms with van der Waals surface area (Å²) in [7, 11) is 0. The number of halogens is 1. The molecule has 4 atom stereocenters. The third-order valence-electron chi connectivity index (χ3n) is 7.33. The van der Waals surface area contributed by atoms with Gasteiger partial charge in [0.25, 0.3) is 5.91 Å². The lowest BCUT2D eigenvalue weighted by atomic mass is 10.0. The predicted molar refractivity (Wildman–Crippen MR) is 162 cm³/mol. The number of carbonyl (C=O) groups excluding carboxylic acids is 2. The average Bonchev–Trinajstić information content (AvgIpc) is 2.97. The van der Waals surface area contributed by atoms with Crippen LogP contribution in [0.5, 0.6) is 5.75 Å². The van der Waals surface area contributed by atoms with Crippen molar-refractivity contribution in [1.82, 2.24) is 20.1 Å². The van der Waals surface area contributed by atoms with Crippen molar-refractivity contribution < 1.29 is 18.7 Å². The minimum atomic E-state index is -0.461. The van der Waals surface area contributed by atoms with Gasteiger partial charge in [0, 0.05) is 49.2 Å². The summed E-state index contributed by atoms with van der Waals surface area (Å²) in [4.78, 5) is 33.6. The first-order chi connectivity index (χ1) is 19.7.